The lowest BCUT2D eigenvalue weighted by Gasteiger charge is -2.12. The lowest BCUT2D eigenvalue weighted by atomic mass is 10.2. The van der Waals surface area contributed by atoms with Gasteiger partial charge in [0.15, 0.2) is 17.4 Å². The van der Waals surface area contributed by atoms with E-state index in [-0.39, 0.29) is 0 Å². The summed E-state index contributed by atoms with van der Waals surface area (Å²) in [6.45, 7) is 0.981. The van der Waals surface area contributed by atoms with Crippen LogP contribution in [0.5, 0.6) is 11.5 Å². The molecule has 0 bridgehead atoms. The molecule has 22 heavy (non-hydrogen) atoms. The molecule has 0 radical (unpaired) electrons. The first kappa shape index (κ1) is 16.0. The van der Waals surface area contributed by atoms with Crippen molar-refractivity contribution in [3.63, 3.8) is 0 Å². The number of ether oxygens (including phenoxy) is 1. The van der Waals surface area contributed by atoms with Crippen LogP contribution in [0.1, 0.15) is 5.56 Å². The highest BCUT2D eigenvalue weighted by Crippen LogP contribution is 2.38. The van der Waals surface area contributed by atoms with Gasteiger partial charge in [0.05, 0.1) is 4.92 Å². The standard InChI is InChI=1S/C13H6ClF4NO3/c1-5-10(16)9(14)13(12(18)11(5)17)22-6-2-3-8(19(20)21)7(15)4-6/h2-4H,1H3. The predicted molar refractivity (Wildman–Crippen MR) is 69.2 cm³/mol. The zero-order valence-electron chi connectivity index (χ0n) is 10.8. The number of hydrogen-bond donors (Lipinski definition) is 0. The first-order valence-corrected chi connectivity index (χ1v) is 6.06. The van der Waals surface area contributed by atoms with E-state index in [1.54, 1.807) is 0 Å². The van der Waals surface area contributed by atoms with Gasteiger partial charge in [0.2, 0.25) is 11.6 Å². The molecule has 0 saturated heterocycles. The summed E-state index contributed by atoms with van der Waals surface area (Å²) in [6, 6.07) is 2.27. The molecule has 0 heterocycles. The Morgan fingerprint density at radius 1 is 1.14 bits per heavy atom. The normalized spacial score (nSPS) is 10.6. The highest BCUT2D eigenvalue weighted by atomic mass is 35.5. The number of nitrogens with zero attached hydrogens (tertiary/aromatic N) is 1. The second-order valence-electron chi connectivity index (χ2n) is 4.18. The van der Waals surface area contributed by atoms with E-state index in [0.717, 1.165) is 19.1 Å². The fourth-order valence-electron chi connectivity index (χ4n) is 1.63. The Kier molecular flexibility index (Phi) is 4.23. The maximum atomic E-state index is 13.7. The van der Waals surface area contributed by atoms with Crippen LogP contribution >= 0.6 is 11.6 Å². The van der Waals surface area contributed by atoms with Gasteiger partial charge in [-0.2, -0.15) is 8.78 Å². The largest absolute Gasteiger partial charge is 0.452 e. The van der Waals surface area contributed by atoms with Crippen LogP contribution in [0.25, 0.3) is 0 Å². The summed E-state index contributed by atoms with van der Waals surface area (Å²) in [7, 11) is 0. The summed E-state index contributed by atoms with van der Waals surface area (Å²) in [5.74, 6) is -6.92. The summed E-state index contributed by atoms with van der Waals surface area (Å²) >= 11 is 5.54. The third-order valence-electron chi connectivity index (χ3n) is 2.78. The van der Waals surface area contributed by atoms with Crippen molar-refractivity contribution in [3.05, 3.63) is 62.2 Å². The number of rotatable bonds is 3. The van der Waals surface area contributed by atoms with Crippen molar-refractivity contribution in [2.75, 3.05) is 0 Å². The maximum absolute atomic E-state index is 13.7. The van der Waals surface area contributed by atoms with Gasteiger partial charge in [-0.15, -0.1) is 0 Å². The zero-order valence-corrected chi connectivity index (χ0v) is 11.5. The molecule has 116 valence electrons. The van der Waals surface area contributed by atoms with E-state index in [9.17, 15) is 27.7 Å². The molecule has 0 amide bonds. The molecule has 0 N–H and O–H groups in total. The molecule has 2 aromatic carbocycles. The van der Waals surface area contributed by atoms with E-state index in [4.69, 9.17) is 16.3 Å². The summed E-state index contributed by atoms with van der Waals surface area (Å²) < 4.78 is 59.1. The number of nitro groups is 1. The van der Waals surface area contributed by atoms with Gasteiger partial charge >= 0.3 is 5.69 Å². The molecule has 0 spiro atoms. The molecule has 4 nitrogen and oxygen atoms in total. The predicted octanol–water partition coefficient (Wildman–Crippen LogP) is 4.91. The van der Waals surface area contributed by atoms with Crippen molar-refractivity contribution in [1.82, 2.24) is 0 Å². The van der Waals surface area contributed by atoms with Gasteiger partial charge in [0.1, 0.15) is 10.8 Å². The van der Waals surface area contributed by atoms with Crippen LogP contribution in [0.3, 0.4) is 0 Å². The fourth-order valence-corrected chi connectivity index (χ4v) is 1.89. The second-order valence-corrected chi connectivity index (χ2v) is 4.56. The quantitative estimate of drug-likeness (QED) is 0.347. The average Bonchev–Trinajstić information content (AvgIpc) is 2.47. The van der Waals surface area contributed by atoms with Crippen LogP contribution in [0.4, 0.5) is 23.2 Å². The van der Waals surface area contributed by atoms with Gasteiger partial charge in [-0.05, 0) is 13.0 Å². The van der Waals surface area contributed by atoms with Crippen LogP contribution in [-0.2, 0) is 0 Å². The number of benzene rings is 2. The molecule has 0 aliphatic rings. The van der Waals surface area contributed by atoms with Crippen molar-refractivity contribution in [1.29, 1.82) is 0 Å². The summed E-state index contributed by atoms with van der Waals surface area (Å²) in [4.78, 5) is 9.50. The van der Waals surface area contributed by atoms with Crippen LogP contribution in [0.15, 0.2) is 18.2 Å². The number of halogens is 5. The molecule has 9 heteroatoms. The molecule has 0 aliphatic heterocycles. The minimum Gasteiger partial charge on any atom is -0.452 e. The van der Waals surface area contributed by atoms with Crippen molar-refractivity contribution in [2.24, 2.45) is 0 Å². The Morgan fingerprint density at radius 2 is 1.77 bits per heavy atom. The third-order valence-corrected chi connectivity index (χ3v) is 3.12. The molecular formula is C13H6ClF4NO3. The summed E-state index contributed by atoms with van der Waals surface area (Å²) in [5.41, 5.74) is -1.47. The van der Waals surface area contributed by atoms with E-state index >= 15 is 0 Å². The third kappa shape index (κ3) is 2.69. The minimum atomic E-state index is -1.55. The van der Waals surface area contributed by atoms with E-state index in [2.05, 4.69) is 0 Å². The Morgan fingerprint density at radius 3 is 2.32 bits per heavy atom. The van der Waals surface area contributed by atoms with Gasteiger partial charge in [-0.25, -0.2) is 8.78 Å². The van der Waals surface area contributed by atoms with Crippen molar-refractivity contribution < 1.29 is 27.2 Å². The van der Waals surface area contributed by atoms with Gasteiger partial charge < -0.3 is 4.74 Å². The van der Waals surface area contributed by atoms with Crippen LogP contribution in [0.2, 0.25) is 5.02 Å². The molecule has 0 atom stereocenters. The lowest BCUT2D eigenvalue weighted by molar-refractivity contribution is -0.387. The van der Waals surface area contributed by atoms with E-state index in [1.807, 2.05) is 0 Å². The Labute approximate surface area is 126 Å². The van der Waals surface area contributed by atoms with Gasteiger partial charge in [-0.3, -0.25) is 10.1 Å². The summed E-state index contributed by atoms with van der Waals surface area (Å²) in [5, 5.41) is 9.65. The average molecular weight is 336 g/mol. The molecule has 0 saturated carbocycles. The number of hydrogen-bond acceptors (Lipinski definition) is 3. The molecule has 0 aliphatic carbocycles. The Bertz CT molecular complexity index is 753. The summed E-state index contributed by atoms with van der Waals surface area (Å²) in [6.07, 6.45) is 0. The molecule has 0 unspecified atom stereocenters. The smallest absolute Gasteiger partial charge is 0.305 e. The van der Waals surface area contributed by atoms with Crippen molar-refractivity contribution in [3.8, 4) is 11.5 Å². The minimum absolute atomic E-state index is 0.411. The Balaban J connectivity index is 2.48. The first-order valence-electron chi connectivity index (χ1n) is 5.68. The molecule has 2 rings (SSSR count). The highest BCUT2D eigenvalue weighted by molar-refractivity contribution is 6.32. The van der Waals surface area contributed by atoms with Gasteiger partial charge in [0, 0.05) is 17.7 Å². The van der Waals surface area contributed by atoms with E-state index in [0.29, 0.717) is 6.07 Å². The van der Waals surface area contributed by atoms with Crippen LogP contribution < -0.4 is 4.74 Å². The first-order chi connectivity index (χ1) is 10.2. The lowest BCUT2D eigenvalue weighted by Crippen LogP contribution is -2.01. The maximum Gasteiger partial charge on any atom is 0.305 e. The fraction of sp³-hybridized carbons (Fsp3) is 0.0769. The monoisotopic (exact) mass is 335 g/mol. The van der Waals surface area contributed by atoms with Gasteiger partial charge in [-0.1, -0.05) is 11.6 Å². The SMILES string of the molecule is Cc1c(F)c(F)c(Oc2ccc([N+](=O)[O-])c(F)c2)c(Cl)c1F. The van der Waals surface area contributed by atoms with E-state index in [1.165, 1.54) is 0 Å². The van der Waals surface area contributed by atoms with E-state index < -0.39 is 56.0 Å². The molecule has 0 fully saturated rings. The molecule has 0 aromatic heterocycles. The van der Waals surface area contributed by atoms with Crippen LogP contribution in [-0.4, -0.2) is 4.92 Å². The molecular weight excluding hydrogens is 330 g/mol. The topological polar surface area (TPSA) is 52.4 Å². The van der Waals surface area contributed by atoms with Crippen LogP contribution in [0, 0.1) is 40.3 Å². The number of nitro benzene ring substituents is 1. The zero-order chi connectivity index (χ0) is 16.6. The van der Waals surface area contributed by atoms with Crippen molar-refractivity contribution in [2.45, 2.75) is 6.92 Å². The van der Waals surface area contributed by atoms with Gasteiger partial charge in [0.25, 0.3) is 0 Å². The van der Waals surface area contributed by atoms with Crippen molar-refractivity contribution >= 4 is 17.3 Å². The highest BCUT2D eigenvalue weighted by Gasteiger charge is 2.24. The Hall–Kier alpha value is -2.35. The second kappa shape index (κ2) is 5.80. The molecule has 2 aromatic rings.